The number of hydrogen-bond acceptors (Lipinski definition) is 6. The second-order valence-corrected chi connectivity index (χ2v) is 3.74. The monoisotopic (exact) mass is 241 g/mol. The number of nitro groups is 1. The van der Waals surface area contributed by atoms with Gasteiger partial charge in [0.1, 0.15) is 6.61 Å². The topological polar surface area (TPSA) is 105 Å². The van der Waals surface area contributed by atoms with Crippen LogP contribution in [-0.2, 0) is 9.53 Å². The van der Waals surface area contributed by atoms with Crippen LogP contribution < -0.4 is 5.32 Å². The van der Waals surface area contributed by atoms with E-state index in [1.54, 1.807) is 7.05 Å². The summed E-state index contributed by atoms with van der Waals surface area (Å²) in [4.78, 5) is 21.3. The molecule has 1 fully saturated rings. The van der Waals surface area contributed by atoms with Gasteiger partial charge in [0.05, 0.1) is 23.4 Å². The molecule has 1 aliphatic rings. The van der Waals surface area contributed by atoms with Gasteiger partial charge in [-0.15, -0.1) is 0 Å². The highest BCUT2D eigenvalue weighted by Gasteiger charge is 2.26. The lowest BCUT2D eigenvalue weighted by atomic mass is 9.98. The summed E-state index contributed by atoms with van der Waals surface area (Å²) in [5.74, 6) is -0.242. The minimum atomic E-state index is -0.606. The summed E-state index contributed by atoms with van der Waals surface area (Å²) in [6.45, 7) is 0.318. The van der Waals surface area contributed by atoms with E-state index in [1.165, 1.54) is 0 Å². The average molecular weight is 241 g/mol. The number of carbonyl (C=O) groups is 1. The summed E-state index contributed by atoms with van der Waals surface area (Å²) in [6, 6.07) is 0. The van der Waals surface area contributed by atoms with E-state index in [1.807, 2.05) is 0 Å². The summed E-state index contributed by atoms with van der Waals surface area (Å²) >= 11 is 0. The minimum absolute atomic E-state index is 0.000425. The van der Waals surface area contributed by atoms with Gasteiger partial charge in [0.25, 0.3) is 0 Å². The van der Waals surface area contributed by atoms with Crippen molar-refractivity contribution in [1.29, 1.82) is 5.41 Å². The molecule has 1 unspecified atom stereocenters. The normalized spacial score (nSPS) is 22.4. The van der Waals surface area contributed by atoms with Crippen LogP contribution in [0, 0.1) is 21.4 Å². The quantitative estimate of drug-likeness (QED) is 0.419. The number of nitrogens with zero attached hydrogens (tertiary/aromatic N) is 1. The molecule has 7 heteroatoms. The maximum absolute atomic E-state index is 11.2. The summed E-state index contributed by atoms with van der Waals surface area (Å²) in [6.07, 6.45) is 1.55. The van der Waals surface area contributed by atoms with E-state index in [4.69, 9.17) is 10.1 Å². The molecule has 0 radical (unpaired) electrons. The van der Waals surface area contributed by atoms with Crippen LogP contribution in [0.3, 0.4) is 0 Å². The second kappa shape index (κ2) is 6.09. The molecule has 17 heavy (non-hydrogen) atoms. The van der Waals surface area contributed by atoms with Crippen LogP contribution in [0.5, 0.6) is 0 Å². The fourth-order valence-corrected chi connectivity index (χ4v) is 1.80. The summed E-state index contributed by atoms with van der Waals surface area (Å²) < 4.78 is 5.16. The fourth-order valence-electron chi connectivity index (χ4n) is 1.80. The van der Waals surface area contributed by atoms with Gasteiger partial charge in [-0.1, -0.05) is 0 Å². The molecule has 0 saturated carbocycles. The maximum Gasteiger partial charge on any atom is 0.305 e. The van der Waals surface area contributed by atoms with E-state index < -0.39 is 4.92 Å². The van der Waals surface area contributed by atoms with Crippen LogP contribution in [0.4, 0.5) is 0 Å². The van der Waals surface area contributed by atoms with Gasteiger partial charge in [0.2, 0.25) is 0 Å². The summed E-state index contributed by atoms with van der Waals surface area (Å²) in [5.41, 5.74) is 0.0650. The number of nitrogens with one attached hydrogen (secondary N) is 2. The van der Waals surface area contributed by atoms with E-state index >= 15 is 0 Å². The molecule has 0 aromatic rings. The van der Waals surface area contributed by atoms with Crippen LogP contribution >= 0.6 is 0 Å². The highest BCUT2D eigenvalue weighted by molar-refractivity contribution is 5.80. The molecule has 0 aromatic carbocycles. The molecule has 1 rings (SSSR count). The Bertz CT molecular complexity index is 365. The van der Waals surface area contributed by atoms with Gasteiger partial charge in [-0.05, 0) is 6.42 Å². The van der Waals surface area contributed by atoms with Crippen molar-refractivity contribution in [2.24, 2.45) is 5.92 Å². The Hall–Kier alpha value is -1.76. The van der Waals surface area contributed by atoms with Gasteiger partial charge in [0.15, 0.2) is 5.78 Å². The first-order valence-corrected chi connectivity index (χ1v) is 5.26. The zero-order valence-electron chi connectivity index (χ0n) is 9.56. The number of ether oxygens (including phenoxy) is 1. The zero-order chi connectivity index (χ0) is 12.8. The lowest BCUT2D eigenvalue weighted by Crippen LogP contribution is -2.24. The second-order valence-electron chi connectivity index (χ2n) is 3.74. The molecule has 2 N–H and O–H groups in total. The van der Waals surface area contributed by atoms with E-state index in [2.05, 4.69) is 5.32 Å². The molecule has 0 aliphatic carbocycles. The Kier molecular flexibility index (Phi) is 4.77. The zero-order valence-corrected chi connectivity index (χ0v) is 9.56. The van der Waals surface area contributed by atoms with E-state index in [-0.39, 0.29) is 30.6 Å². The first kappa shape index (κ1) is 13.3. The highest BCUT2D eigenvalue weighted by Crippen LogP contribution is 2.21. The van der Waals surface area contributed by atoms with Crippen molar-refractivity contribution in [3.8, 4) is 0 Å². The van der Waals surface area contributed by atoms with Crippen molar-refractivity contribution >= 4 is 12.0 Å². The number of rotatable bonds is 4. The predicted octanol–water partition coefficient (Wildman–Crippen LogP) is 0.339. The SMILES string of the molecule is CN/C(=C(\C=N)[N+](=O)[O-])C1CCC(=O)COC1. The van der Waals surface area contributed by atoms with Crippen molar-refractivity contribution < 1.29 is 14.5 Å². The Balaban J connectivity index is 2.96. The molecule has 0 amide bonds. The molecular formula is C10H15N3O4. The number of Topliss-reactive ketones (excluding diaryl/α,β-unsaturated/α-hetero) is 1. The Morgan fingerprint density at radius 2 is 2.41 bits per heavy atom. The maximum atomic E-state index is 11.2. The van der Waals surface area contributed by atoms with E-state index in [9.17, 15) is 14.9 Å². The van der Waals surface area contributed by atoms with Gasteiger partial charge < -0.3 is 15.5 Å². The summed E-state index contributed by atoms with van der Waals surface area (Å²) in [7, 11) is 1.56. The van der Waals surface area contributed by atoms with Crippen molar-refractivity contribution in [1.82, 2.24) is 5.32 Å². The molecule has 1 aliphatic heterocycles. The Morgan fingerprint density at radius 1 is 1.71 bits per heavy atom. The molecular weight excluding hydrogens is 226 g/mol. The number of carbonyl (C=O) groups excluding carboxylic acids is 1. The van der Waals surface area contributed by atoms with Crippen LogP contribution in [0.15, 0.2) is 11.4 Å². The Morgan fingerprint density at radius 3 is 2.94 bits per heavy atom. The number of ketones is 1. The molecule has 0 aromatic heterocycles. The lowest BCUT2D eigenvalue weighted by Gasteiger charge is -2.16. The first-order valence-electron chi connectivity index (χ1n) is 5.26. The molecule has 94 valence electrons. The number of hydrogen-bond donors (Lipinski definition) is 2. The van der Waals surface area contributed by atoms with Crippen molar-refractivity contribution in [2.75, 3.05) is 20.3 Å². The molecule has 7 nitrogen and oxygen atoms in total. The van der Waals surface area contributed by atoms with Crippen LogP contribution in [0.1, 0.15) is 12.8 Å². The Labute approximate surface area is 98.5 Å². The third kappa shape index (κ3) is 3.35. The number of allylic oxidation sites excluding steroid dienone is 1. The van der Waals surface area contributed by atoms with Crippen LogP contribution in [-0.4, -0.2) is 37.2 Å². The van der Waals surface area contributed by atoms with Crippen LogP contribution in [0.25, 0.3) is 0 Å². The predicted molar refractivity (Wildman–Crippen MR) is 60.4 cm³/mol. The van der Waals surface area contributed by atoms with Gasteiger partial charge in [-0.2, -0.15) is 0 Å². The van der Waals surface area contributed by atoms with Gasteiger partial charge in [-0.3, -0.25) is 14.9 Å². The minimum Gasteiger partial charge on any atom is -0.386 e. The van der Waals surface area contributed by atoms with Gasteiger partial charge in [0, 0.05) is 19.4 Å². The highest BCUT2D eigenvalue weighted by atomic mass is 16.6. The summed E-state index contributed by atoms with van der Waals surface area (Å²) in [5, 5.41) is 20.6. The first-order chi connectivity index (χ1) is 8.10. The van der Waals surface area contributed by atoms with Gasteiger partial charge >= 0.3 is 5.70 Å². The van der Waals surface area contributed by atoms with Gasteiger partial charge in [-0.25, -0.2) is 0 Å². The van der Waals surface area contributed by atoms with E-state index in [0.29, 0.717) is 24.8 Å². The molecule has 0 spiro atoms. The average Bonchev–Trinajstić information content (AvgIpc) is 2.50. The van der Waals surface area contributed by atoms with Crippen molar-refractivity contribution in [3.63, 3.8) is 0 Å². The van der Waals surface area contributed by atoms with Crippen molar-refractivity contribution in [2.45, 2.75) is 12.8 Å². The molecule has 1 atom stereocenters. The third-order valence-corrected chi connectivity index (χ3v) is 2.64. The largest absolute Gasteiger partial charge is 0.386 e. The lowest BCUT2D eigenvalue weighted by molar-refractivity contribution is -0.416. The molecule has 0 bridgehead atoms. The molecule has 1 heterocycles. The standard InChI is InChI=1S/C10H15N3O4/c1-12-10(9(4-11)13(15)16)7-2-3-8(14)6-17-5-7/h4,7,11-12H,2-3,5-6H2,1H3/b10-9+,11-4?. The third-order valence-electron chi connectivity index (χ3n) is 2.64. The molecule has 1 saturated heterocycles. The van der Waals surface area contributed by atoms with Crippen LogP contribution in [0.2, 0.25) is 0 Å². The van der Waals surface area contributed by atoms with Crippen molar-refractivity contribution in [3.05, 3.63) is 21.5 Å². The van der Waals surface area contributed by atoms with E-state index in [0.717, 1.165) is 0 Å². The smallest absolute Gasteiger partial charge is 0.305 e. The fraction of sp³-hybridized carbons (Fsp3) is 0.600.